The largest absolute Gasteiger partial charge is 0.473 e. The summed E-state index contributed by atoms with van der Waals surface area (Å²) in [6.45, 7) is 3.60. The van der Waals surface area contributed by atoms with Gasteiger partial charge in [-0.05, 0) is 37.1 Å². The molecule has 2 saturated heterocycles. The highest BCUT2D eigenvalue weighted by atomic mass is 32.2. The predicted molar refractivity (Wildman–Crippen MR) is 95.7 cm³/mol. The van der Waals surface area contributed by atoms with Gasteiger partial charge < -0.3 is 9.64 Å². The summed E-state index contributed by atoms with van der Waals surface area (Å²) in [6.07, 6.45) is 6.95. The van der Waals surface area contributed by atoms with Crippen molar-refractivity contribution in [2.24, 2.45) is 0 Å². The van der Waals surface area contributed by atoms with Gasteiger partial charge in [0, 0.05) is 44.2 Å². The van der Waals surface area contributed by atoms with Gasteiger partial charge in [-0.15, -0.1) is 0 Å². The van der Waals surface area contributed by atoms with Crippen LogP contribution in [0.3, 0.4) is 0 Å². The van der Waals surface area contributed by atoms with Crippen LogP contribution in [0.4, 0.5) is 0 Å². The van der Waals surface area contributed by atoms with Gasteiger partial charge in [0.15, 0.2) is 0 Å². The second kappa shape index (κ2) is 7.31. The molecule has 1 aromatic rings. The third-order valence-corrected chi connectivity index (χ3v) is 6.49. The standard InChI is InChI=1S/C18H25N3O2S/c22-18(21-10-8-20(9-11-21)14-3-1-4-14)16-5-2-7-19-17(16)23-15-6-12-24-13-15/h2,5,7,14-15H,1,3-4,6,8-13H2. The van der Waals surface area contributed by atoms with Crippen LogP contribution in [0.15, 0.2) is 18.3 Å². The van der Waals surface area contributed by atoms with E-state index < -0.39 is 0 Å². The van der Waals surface area contributed by atoms with Gasteiger partial charge in [-0.3, -0.25) is 9.69 Å². The van der Waals surface area contributed by atoms with E-state index in [-0.39, 0.29) is 12.0 Å². The Balaban J connectivity index is 1.40. The van der Waals surface area contributed by atoms with Crippen LogP contribution in [0.1, 0.15) is 36.0 Å². The average molecular weight is 347 g/mol. The number of carbonyl (C=O) groups excluding carboxylic acids is 1. The Morgan fingerprint density at radius 1 is 1.21 bits per heavy atom. The second-order valence-corrected chi connectivity index (χ2v) is 8.02. The van der Waals surface area contributed by atoms with Crippen LogP contribution in [-0.2, 0) is 0 Å². The maximum Gasteiger partial charge on any atom is 0.259 e. The molecule has 0 aromatic carbocycles. The number of hydrogen-bond acceptors (Lipinski definition) is 5. The van der Waals surface area contributed by atoms with Gasteiger partial charge in [-0.25, -0.2) is 4.98 Å². The molecular weight excluding hydrogens is 322 g/mol. The van der Waals surface area contributed by atoms with E-state index in [0.717, 1.165) is 50.1 Å². The molecule has 1 atom stereocenters. The molecule has 4 rings (SSSR count). The number of thioether (sulfide) groups is 1. The maximum absolute atomic E-state index is 12.9. The van der Waals surface area contributed by atoms with Crippen molar-refractivity contribution in [3.63, 3.8) is 0 Å². The van der Waals surface area contributed by atoms with Crippen LogP contribution < -0.4 is 4.74 Å². The SMILES string of the molecule is O=C(c1cccnc1OC1CCSC1)N1CCN(C2CCC2)CC1. The Morgan fingerprint density at radius 3 is 2.71 bits per heavy atom. The Morgan fingerprint density at radius 2 is 2.04 bits per heavy atom. The van der Waals surface area contributed by atoms with Crippen LogP contribution in [0.5, 0.6) is 5.88 Å². The number of aromatic nitrogens is 1. The Labute approximate surface area is 147 Å². The van der Waals surface area contributed by atoms with Crippen LogP contribution in [0, 0.1) is 0 Å². The zero-order valence-electron chi connectivity index (χ0n) is 14.0. The minimum Gasteiger partial charge on any atom is -0.473 e. The lowest BCUT2D eigenvalue weighted by atomic mass is 9.91. The molecular formula is C18H25N3O2S. The fourth-order valence-corrected chi connectivity index (χ4v) is 4.72. The third-order valence-electron chi connectivity index (χ3n) is 5.36. The Bertz CT molecular complexity index is 579. The normalized spacial score (nSPS) is 25.5. The van der Waals surface area contributed by atoms with Gasteiger partial charge in [0.05, 0.1) is 0 Å². The van der Waals surface area contributed by atoms with Gasteiger partial charge in [-0.1, -0.05) is 6.42 Å². The lowest BCUT2D eigenvalue weighted by Crippen LogP contribution is -2.53. The molecule has 1 amide bonds. The third kappa shape index (κ3) is 3.40. The van der Waals surface area contributed by atoms with E-state index in [1.165, 1.54) is 19.3 Å². The van der Waals surface area contributed by atoms with Gasteiger partial charge in [0.1, 0.15) is 11.7 Å². The summed E-state index contributed by atoms with van der Waals surface area (Å²) in [5.41, 5.74) is 0.617. The molecule has 24 heavy (non-hydrogen) atoms. The summed E-state index contributed by atoms with van der Waals surface area (Å²) in [5, 5.41) is 0. The number of amides is 1. The molecule has 130 valence electrons. The van der Waals surface area contributed by atoms with Crippen LogP contribution in [-0.4, -0.2) is 70.5 Å². The van der Waals surface area contributed by atoms with Crippen molar-refractivity contribution in [1.29, 1.82) is 0 Å². The van der Waals surface area contributed by atoms with Crippen LogP contribution >= 0.6 is 11.8 Å². The number of pyridine rings is 1. The smallest absolute Gasteiger partial charge is 0.259 e. The van der Waals surface area contributed by atoms with E-state index in [9.17, 15) is 4.79 Å². The van der Waals surface area contributed by atoms with Crippen molar-refractivity contribution >= 4 is 17.7 Å². The highest BCUT2D eigenvalue weighted by Crippen LogP contribution is 2.27. The quantitative estimate of drug-likeness (QED) is 0.836. The summed E-state index contributed by atoms with van der Waals surface area (Å²) in [6, 6.07) is 4.44. The first-order valence-electron chi connectivity index (χ1n) is 9.04. The van der Waals surface area contributed by atoms with E-state index >= 15 is 0 Å². The average Bonchev–Trinajstić information content (AvgIpc) is 3.07. The highest BCUT2D eigenvalue weighted by Gasteiger charge is 2.31. The molecule has 1 aliphatic carbocycles. The summed E-state index contributed by atoms with van der Waals surface area (Å²) < 4.78 is 6.01. The number of carbonyl (C=O) groups is 1. The van der Waals surface area contributed by atoms with Crippen molar-refractivity contribution in [2.45, 2.75) is 37.8 Å². The lowest BCUT2D eigenvalue weighted by Gasteiger charge is -2.43. The molecule has 3 aliphatic rings. The van der Waals surface area contributed by atoms with E-state index in [1.807, 2.05) is 28.8 Å². The fourth-order valence-electron chi connectivity index (χ4n) is 3.62. The van der Waals surface area contributed by atoms with Crippen LogP contribution in [0.25, 0.3) is 0 Å². The van der Waals surface area contributed by atoms with E-state index in [4.69, 9.17) is 4.74 Å². The van der Waals surface area contributed by atoms with E-state index in [1.54, 1.807) is 6.20 Å². The zero-order chi connectivity index (χ0) is 16.4. The second-order valence-electron chi connectivity index (χ2n) is 6.87. The maximum atomic E-state index is 12.9. The van der Waals surface area contributed by atoms with Crippen molar-refractivity contribution in [1.82, 2.24) is 14.8 Å². The molecule has 6 heteroatoms. The number of hydrogen-bond donors (Lipinski definition) is 0. The summed E-state index contributed by atoms with van der Waals surface area (Å²) >= 11 is 1.90. The van der Waals surface area contributed by atoms with Crippen molar-refractivity contribution in [3.05, 3.63) is 23.9 Å². The molecule has 0 radical (unpaired) electrons. The first kappa shape index (κ1) is 16.2. The number of ether oxygens (including phenoxy) is 1. The van der Waals surface area contributed by atoms with E-state index in [2.05, 4.69) is 9.88 Å². The molecule has 1 unspecified atom stereocenters. The monoisotopic (exact) mass is 347 g/mol. The minimum atomic E-state index is 0.0667. The number of rotatable bonds is 4. The fraction of sp³-hybridized carbons (Fsp3) is 0.667. The van der Waals surface area contributed by atoms with E-state index in [0.29, 0.717) is 11.4 Å². The molecule has 1 saturated carbocycles. The van der Waals surface area contributed by atoms with Gasteiger partial charge in [0.25, 0.3) is 5.91 Å². The summed E-state index contributed by atoms with van der Waals surface area (Å²) in [5.74, 6) is 2.70. The van der Waals surface area contributed by atoms with Crippen LogP contribution in [0.2, 0.25) is 0 Å². The Hall–Kier alpha value is -1.27. The lowest BCUT2D eigenvalue weighted by molar-refractivity contribution is 0.0450. The molecule has 0 N–H and O–H groups in total. The predicted octanol–water partition coefficient (Wildman–Crippen LogP) is 2.28. The topological polar surface area (TPSA) is 45.7 Å². The van der Waals surface area contributed by atoms with Crippen molar-refractivity contribution < 1.29 is 9.53 Å². The molecule has 0 bridgehead atoms. The summed E-state index contributed by atoms with van der Waals surface area (Å²) in [7, 11) is 0. The minimum absolute atomic E-state index is 0.0667. The van der Waals surface area contributed by atoms with Gasteiger partial charge >= 0.3 is 0 Å². The molecule has 3 heterocycles. The van der Waals surface area contributed by atoms with Crippen molar-refractivity contribution in [2.75, 3.05) is 37.7 Å². The first-order valence-corrected chi connectivity index (χ1v) is 10.2. The van der Waals surface area contributed by atoms with Gasteiger partial charge in [-0.2, -0.15) is 11.8 Å². The number of nitrogens with zero attached hydrogens (tertiary/aromatic N) is 3. The Kier molecular flexibility index (Phi) is 4.94. The van der Waals surface area contributed by atoms with Crippen molar-refractivity contribution in [3.8, 4) is 5.88 Å². The zero-order valence-corrected chi connectivity index (χ0v) is 14.8. The first-order chi connectivity index (χ1) is 11.8. The number of piperazine rings is 1. The summed E-state index contributed by atoms with van der Waals surface area (Å²) in [4.78, 5) is 21.8. The molecule has 1 aromatic heterocycles. The molecule has 2 aliphatic heterocycles. The molecule has 3 fully saturated rings. The van der Waals surface area contributed by atoms with Gasteiger partial charge in [0.2, 0.25) is 5.88 Å². The highest BCUT2D eigenvalue weighted by molar-refractivity contribution is 7.99. The molecule has 5 nitrogen and oxygen atoms in total. The molecule has 0 spiro atoms.